The van der Waals surface area contributed by atoms with Gasteiger partial charge < -0.3 is 25.6 Å². The standard InChI is InChI=1S/C16H25N3O2.C10H22N2/c20-19(21)16-10-9-15(14-17-16)8-4-1-2-5-11-18-12-6-3-7-13-18;11-7-3-1-4-8-12-9-5-2-6-10-12/h9-10,14H,1-8,11-13H2;1-11H2. The summed E-state index contributed by atoms with van der Waals surface area (Å²) in [5.74, 6) is -0.0692. The normalized spacial score (nSPS) is 17.4. The molecule has 7 heteroatoms. The van der Waals surface area contributed by atoms with Crippen molar-refractivity contribution in [2.75, 3.05) is 45.8 Å². The van der Waals surface area contributed by atoms with E-state index in [0.717, 1.165) is 24.9 Å². The number of nitro groups is 1. The van der Waals surface area contributed by atoms with Crippen LogP contribution in [0.3, 0.4) is 0 Å². The van der Waals surface area contributed by atoms with Crippen LogP contribution in [-0.4, -0.2) is 65.5 Å². The van der Waals surface area contributed by atoms with E-state index < -0.39 is 4.92 Å². The van der Waals surface area contributed by atoms with Crippen LogP contribution >= 0.6 is 0 Å². The number of nitrogens with two attached hydrogens (primary N) is 1. The fourth-order valence-corrected chi connectivity index (χ4v) is 4.71. The number of pyridine rings is 1. The van der Waals surface area contributed by atoms with Gasteiger partial charge in [-0.05, 0) is 125 Å². The molecule has 0 radical (unpaired) electrons. The average Bonchev–Trinajstić information content (AvgIpc) is 2.86. The van der Waals surface area contributed by atoms with Crippen molar-refractivity contribution in [3.05, 3.63) is 34.0 Å². The van der Waals surface area contributed by atoms with Crippen LogP contribution in [0.25, 0.3) is 0 Å². The molecule has 2 aliphatic rings. The van der Waals surface area contributed by atoms with Gasteiger partial charge in [0.05, 0.1) is 0 Å². The molecule has 0 saturated carbocycles. The summed E-state index contributed by atoms with van der Waals surface area (Å²) in [6, 6.07) is 3.31. The second-order valence-corrected chi connectivity index (χ2v) is 9.60. The molecular formula is C26H47N5O2. The van der Waals surface area contributed by atoms with Gasteiger partial charge in [-0.25, -0.2) is 0 Å². The fraction of sp³-hybridized carbons (Fsp3) is 0.808. The molecule has 0 aromatic carbocycles. The van der Waals surface area contributed by atoms with Gasteiger partial charge in [0.1, 0.15) is 6.20 Å². The molecule has 2 fully saturated rings. The third-order valence-corrected chi connectivity index (χ3v) is 6.76. The van der Waals surface area contributed by atoms with Gasteiger partial charge in [-0.15, -0.1) is 0 Å². The lowest BCUT2D eigenvalue weighted by Gasteiger charge is -2.26. The number of rotatable bonds is 13. The minimum atomic E-state index is -0.454. The lowest BCUT2D eigenvalue weighted by Crippen LogP contribution is -2.30. The first-order chi connectivity index (χ1) is 16.2. The van der Waals surface area contributed by atoms with Gasteiger partial charge in [0.2, 0.25) is 0 Å². The first-order valence-corrected chi connectivity index (χ1v) is 13.4. The van der Waals surface area contributed by atoms with Gasteiger partial charge in [0.15, 0.2) is 0 Å². The molecule has 33 heavy (non-hydrogen) atoms. The van der Waals surface area contributed by atoms with Crippen molar-refractivity contribution in [3.63, 3.8) is 0 Å². The quantitative estimate of drug-likeness (QED) is 0.247. The lowest BCUT2D eigenvalue weighted by atomic mass is 10.1. The Morgan fingerprint density at radius 2 is 1.33 bits per heavy atom. The van der Waals surface area contributed by atoms with Crippen LogP contribution in [0, 0.1) is 10.1 Å². The number of unbranched alkanes of at least 4 members (excludes halogenated alkanes) is 5. The van der Waals surface area contributed by atoms with E-state index in [-0.39, 0.29) is 5.82 Å². The third-order valence-electron chi connectivity index (χ3n) is 6.76. The molecule has 0 spiro atoms. The van der Waals surface area contributed by atoms with Gasteiger partial charge in [-0.2, -0.15) is 0 Å². The molecule has 3 heterocycles. The van der Waals surface area contributed by atoms with E-state index in [9.17, 15) is 10.1 Å². The predicted octanol–water partition coefficient (Wildman–Crippen LogP) is 5.18. The molecule has 0 bridgehead atoms. The van der Waals surface area contributed by atoms with Crippen LogP contribution in [0.15, 0.2) is 18.3 Å². The summed E-state index contributed by atoms with van der Waals surface area (Å²) in [6.07, 6.45) is 19.8. The molecule has 188 valence electrons. The van der Waals surface area contributed by atoms with Crippen LogP contribution in [0.1, 0.15) is 89.0 Å². The monoisotopic (exact) mass is 461 g/mol. The Morgan fingerprint density at radius 1 is 0.788 bits per heavy atom. The molecule has 7 nitrogen and oxygen atoms in total. The molecule has 0 amide bonds. The second-order valence-electron chi connectivity index (χ2n) is 9.60. The van der Waals surface area contributed by atoms with E-state index in [4.69, 9.17) is 5.73 Å². The highest BCUT2D eigenvalue weighted by Crippen LogP contribution is 2.13. The van der Waals surface area contributed by atoms with Crippen molar-refractivity contribution in [3.8, 4) is 0 Å². The van der Waals surface area contributed by atoms with Gasteiger partial charge in [-0.3, -0.25) is 0 Å². The number of nitrogens with zero attached hydrogens (tertiary/aromatic N) is 4. The minimum absolute atomic E-state index is 0.0692. The predicted molar refractivity (Wildman–Crippen MR) is 137 cm³/mol. The molecule has 1 aromatic rings. The molecule has 0 atom stereocenters. The average molecular weight is 462 g/mol. The zero-order valence-electron chi connectivity index (χ0n) is 20.8. The Morgan fingerprint density at radius 3 is 1.82 bits per heavy atom. The fourth-order valence-electron chi connectivity index (χ4n) is 4.71. The molecule has 1 aromatic heterocycles. The van der Waals surface area contributed by atoms with E-state index in [1.165, 1.54) is 122 Å². The second kappa shape index (κ2) is 17.8. The maximum atomic E-state index is 10.5. The summed E-state index contributed by atoms with van der Waals surface area (Å²) < 4.78 is 0. The van der Waals surface area contributed by atoms with Crippen molar-refractivity contribution in [2.24, 2.45) is 5.73 Å². The summed E-state index contributed by atoms with van der Waals surface area (Å²) in [4.78, 5) is 19.1. The third kappa shape index (κ3) is 13.0. The van der Waals surface area contributed by atoms with E-state index >= 15 is 0 Å². The molecular weight excluding hydrogens is 414 g/mol. The zero-order chi connectivity index (χ0) is 23.6. The number of likely N-dealkylation sites (tertiary alicyclic amines) is 2. The maximum absolute atomic E-state index is 10.5. The zero-order valence-corrected chi connectivity index (χ0v) is 20.8. The van der Waals surface area contributed by atoms with Crippen LogP contribution in [0.4, 0.5) is 5.82 Å². The topological polar surface area (TPSA) is 88.5 Å². The molecule has 2 saturated heterocycles. The molecule has 0 aliphatic carbocycles. The molecule has 3 rings (SSSR count). The van der Waals surface area contributed by atoms with Crippen LogP contribution in [-0.2, 0) is 6.42 Å². The first-order valence-electron chi connectivity index (χ1n) is 13.4. The molecule has 2 aliphatic heterocycles. The summed E-state index contributed by atoms with van der Waals surface area (Å²) in [5, 5.41) is 10.5. The highest BCUT2D eigenvalue weighted by Gasteiger charge is 2.10. The first kappa shape index (κ1) is 27.7. The van der Waals surface area contributed by atoms with Gasteiger partial charge >= 0.3 is 5.82 Å². The van der Waals surface area contributed by atoms with Crippen LogP contribution in [0.2, 0.25) is 0 Å². The molecule has 2 N–H and O–H groups in total. The number of aromatic nitrogens is 1. The van der Waals surface area contributed by atoms with Gasteiger partial charge in [0, 0.05) is 6.07 Å². The van der Waals surface area contributed by atoms with Crippen molar-refractivity contribution < 1.29 is 4.92 Å². The summed E-state index contributed by atoms with van der Waals surface area (Å²) in [7, 11) is 0. The van der Waals surface area contributed by atoms with Crippen molar-refractivity contribution in [1.82, 2.24) is 14.8 Å². The highest BCUT2D eigenvalue weighted by atomic mass is 16.6. The van der Waals surface area contributed by atoms with E-state index in [1.54, 1.807) is 6.20 Å². The van der Waals surface area contributed by atoms with Gasteiger partial charge in [-0.1, -0.05) is 32.1 Å². The Balaban J connectivity index is 0.000000273. The number of hydrogen-bond acceptors (Lipinski definition) is 6. The van der Waals surface area contributed by atoms with Crippen molar-refractivity contribution in [1.29, 1.82) is 0 Å². The molecule has 0 unspecified atom stereocenters. The number of hydrogen-bond donors (Lipinski definition) is 1. The highest BCUT2D eigenvalue weighted by molar-refractivity contribution is 5.22. The van der Waals surface area contributed by atoms with E-state index in [0.29, 0.717) is 0 Å². The van der Waals surface area contributed by atoms with E-state index in [1.807, 2.05) is 6.07 Å². The smallest absolute Gasteiger partial charge is 0.358 e. The Kier molecular flexibility index (Phi) is 15.0. The summed E-state index contributed by atoms with van der Waals surface area (Å²) >= 11 is 0. The summed E-state index contributed by atoms with van der Waals surface area (Å²) in [5.41, 5.74) is 6.53. The van der Waals surface area contributed by atoms with Crippen LogP contribution in [0.5, 0.6) is 0 Å². The van der Waals surface area contributed by atoms with Crippen LogP contribution < -0.4 is 5.73 Å². The Bertz CT molecular complexity index is 614. The largest absolute Gasteiger partial charge is 0.363 e. The van der Waals surface area contributed by atoms with E-state index in [2.05, 4.69) is 14.8 Å². The summed E-state index contributed by atoms with van der Waals surface area (Å²) in [6.45, 7) is 8.66. The van der Waals surface area contributed by atoms with Gasteiger partial charge in [0.25, 0.3) is 0 Å². The number of piperidine rings is 2. The Labute approximate surface area is 201 Å². The van der Waals surface area contributed by atoms with Crippen molar-refractivity contribution in [2.45, 2.75) is 89.9 Å². The lowest BCUT2D eigenvalue weighted by molar-refractivity contribution is -0.389. The maximum Gasteiger partial charge on any atom is 0.363 e. The Hall–Kier alpha value is -1.57. The number of aryl methyl sites for hydroxylation is 1. The SMILES string of the molecule is NCCCCCN1CCCCC1.O=[N+]([O-])c1ccc(CCCCCCN2CCCCC2)cn1. The van der Waals surface area contributed by atoms with Crippen molar-refractivity contribution >= 4 is 5.82 Å². The minimum Gasteiger partial charge on any atom is -0.358 e.